The molecule has 1 heterocycles. The highest BCUT2D eigenvalue weighted by Crippen LogP contribution is 2.67. The van der Waals surface area contributed by atoms with Crippen molar-refractivity contribution in [3.05, 3.63) is 45.2 Å². The zero-order valence-electron chi connectivity index (χ0n) is 21.6. The number of aliphatic hydroxyl groups excluding tert-OH is 1. The summed E-state index contributed by atoms with van der Waals surface area (Å²) < 4.78 is 0. The first-order chi connectivity index (χ1) is 18.0. The van der Waals surface area contributed by atoms with E-state index in [1.54, 1.807) is 18.2 Å². The van der Waals surface area contributed by atoms with Gasteiger partial charge in [0.1, 0.15) is 5.60 Å². The molecule has 6 rings (SSSR count). The minimum absolute atomic E-state index is 0.0286. The molecule has 0 saturated heterocycles. The van der Waals surface area contributed by atoms with E-state index in [1.165, 1.54) is 0 Å². The van der Waals surface area contributed by atoms with Gasteiger partial charge < -0.3 is 15.2 Å². The van der Waals surface area contributed by atoms with Gasteiger partial charge in [0.2, 0.25) is 0 Å². The highest BCUT2D eigenvalue weighted by atomic mass is 35.5. The molecule has 2 aromatic rings. The van der Waals surface area contributed by atoms with E-state index in [-0.39, 0.29) is 46.0 Å². The Balaban J connectivity index is 1.24. The third-order valence-corrected chi connectivity index (χ3v) is 11.6. The Morgan fingerprint density at radius 3 is 2.79 bits per heavy atom. The summed E-state index contributed by atoms with van der Waals surface area (Å²) in [5, 5.41) is 24.7. The predicted molar refractivity (Wildman–Crippen MR) is 146 cm³/mol. The second-order valence-corrected chi connectivity index (χ2v) is 13.6. The number of carbonyl (C=O) groups is 2. The van der Waals surface area contributed by atoms with Crippen LogP contribution in [0.3, 0.4) is 0 Å². The van der Waals surface area contributed by atoms with Crippen LogP contribution in [0.1, 0.15) is 58.8 Å². The topological polar surface area (TPSA) is 120 Å². The van der Waals surface area contributed by atoms with E-state index in [1.807, 2.05) is 13.0 Å². The summed E-state index contributed by atoms with van der Waals surface area (Å²) in [5.74, 6) is 0.199. The van der Waals surface area contributed by atoms with Crippen LogP contribution in [0.4, 0.5) is 0 Å². The van der Waals surface area contributed by atoms with E-state index < -0.39 is 17.1 Å². The summed E-state index contributed by atoms with van der Waals surface area (Å²) in [6.45, 7) is 4.17. The molecule has 3 saturated carbocycles. The maximum Gasteiger partial charge on any atom is 0.259 e. The summed E-state index contributed by atoms with van der Waals surface area (Å²) in [6.07, 6.45) is 5.56. The van der Waals surface area contributed by atoms with Crippen molar-refractivity contribution >= 4 is 45.8 Å². The molecule has 0 spiro atoms. The van der Waals surface area contributed by atoms with Crippen molar-refractivity contribution in [3.8, 4) is 0 Å². The lowest BCUT2D eigenvalue weighted by Gasteiger charge is -2.60. The number of H-pyrrole nitrogens is 1. The van der Waals surface area contributed by atoms with Gasteiger partial charge in [0.25, 0.3) is 5.56 Å². The third-order valence-electron chi connectivity index (χ3n) is 10.5. The molecule has 1 aromatic heterocycles. The number of benzene rings is 1. The van der Waals surface area contributed by atoms with Gasteiger partial charge in [-0.3, -0.25) is 14.4 Å². The lowest BCUT2D eigenvalue weighted by molar-refractivity contribution is -0.178. The van der Waals surface area contributed by atoms with Crippen molar-refractivity contribution in [2.75, 3.05) is 5.75 Å². The number of hydrogen-bond donors (Lipinski definition) is 3. The molecular weight excluding hydrogens is 524 g/mol. The average Bonchev–Trinajstić information content (AvgIpc) is 3.14. The molecule has 3 N–H and O–H groups in total. The molecule has 0 aliphatic heterocycles. The van der Waals surface area contributed by atoms with Gasteiger partial charge in [-0.15, -0.1) is 0 Å². The number of allylic oxidation sites excluding steroid dienone is 1. The molecule has 6 unspecified atom stereocenters. The standard InChI is InChI=1S/C29H33ClN2O5S/c1-27-9-7-17(33)11-15(27)3-5-18-20-8-10-29(37,28(20,2)13-22(34)24(18)27)23(35)14-38-26-31-21-6-4-16(30)12-19(21)25(36)32-26/h4,6,11-12,18,20,22,24,34,37H,3,5,7-10,13-14H2,1-2H3,(H,31,32,36)/t18?,20?,22?,24?,27?,28?,29-/m0/s1. The molecule has 38 heavy (non-hydrogen) atoms. The monoisotopic (exact) mass is 556 g/mol. The number of aromatic amines is 1. The van der Waals surface area contributed by atoms with Crippen LogP contribution in [0.5, 0.6) is 0 Å². The van der Waals surface area contributed by atoms with Gasteiger partial charge in [0.05, 0.1) is 22.8 Å². The van der Waals surface area contributed by atoms with Crippen molar-refractivity contribution in [2.45, 2.75) is 75.7 Å². The minimum atomic E-state index is -1.55. The number of aromatic nitrogens is 2. The third kappa shape index (κ3) is 3.78. The summed E-state index contributed by atoms with van der Waals surface area (Å²) in [6, 6.07) is 4.89. The Hall–Kier alpha value is -2.00. The summed E-state index contributed by atoms with van der Waals surface area (Å²) >= 11 is 7.11. The van der Waals surface area contributed by atoms with Gasteiger partial charge in [-0.25, -0.2) is 4.98 Å². The summed E-state index contributed by atoms with van der Waals surface area (Å²) in [5.41, 5.74) is -1.18. The number of rotatable bonds is 4. The Morgan fingerprint density at radius 2 is 2.00 bits per heavy atom. The number of ketones is 2. The SMILES string of the molecule is CC12CCC(=O)C=C1CCC1C2C(O)CC2(C)C1CC[C@]2(O)C(=O)CSc1nc2ccc(Cl)cc2c(=O)[nH]1. The van der Waals surface area contributed by atoms with Gasteiger partial charge in [-0.05, 0) is 86.0 Å². The van der Waals surface area contributed by atoms with Crippen molar-refractivity contribution in [2.24, 2.45) is 28.6 Å². The second-order valence-electron chi connectivity index (χ2n) is 12.2. The molecule has 1 aromatic carbocycles. The van der Waals surface area contributed by atoms with E-state index in [2.05, 4.69) is 16.9 Å². The highest BCUT2D eigenvalue weighted by molar-refractivity contribution is 7.99. The number of aliphatic hydroxyl groups is 2. The van der Waals surface area contributed by atoms with E-state index in [9.17, 15) is 24.6 Å². The first kappa shape index (κ1) is 26.2. The maximum atomic E-state index is 13.7. The molecular formula is C29H33ClN2O5S. The number of thioether (sulfide) groups is 1. The Bertz CT molecular complexity index is 1440. The number of halogens is 1. The van der Waals surface area contributed by atoms with Crippen LogP contribution in [0.15, 0.2) is 39.8 Å². The molecule has 9 heteroatoms. The van der Waals surface area contributed by atoms with Crippen LogP contribution in [0.2, 0.25) is 5.02 Å². The van der Waals surface area contributed by atoms with Gasteiger partial charge >= 0.3 is 0 Å². The fourth-order valence-electron chi connectivity index (χ4n) is 8.56. The van der Waals surface area contributed by atoms with E-state index in [0.29, 0.717) is 40.3 Å². The number of nitrogens with one attached hydrogen (secondary N) is 1. The molecule has 7 nitrogen and oxygen atoms in total. The quantitative estimate of drug-likeness (QED) is 0.375. The zero-order valence-corrected chi connectivity index (χ0v) is 23.2. The Kier molecular flexibility index (Phi) is 6.22. The number of carbonyl (C=O) groups excluding carboxylic acids is 2. The van der Waals surface area contributed by atoms with Gasteiger partial charge in [0, 0.05) is 16.9 Å². The van der Waals surface area contributed by atoms with E-state index in [4.69, 9.17) is 11.6 Å². The van der Waals surface area contributed by atoms with Gasteiger partial charge in [-0.2, -0.15) is 0 Å². The largest absolute Gasteiger partial charge is 0.393 e. The normalized spacial score (nSPS) is 38.3. The van der Waals surface area contributed by atoms with Gasteiger partial charge in [0.15, 0.2) is 16.7 Å². The average molecular weight is 557 g/mol. The smallest absolute Gasteiger partial charge is 0.259 e. The lowest BCUT2D eigenvalue weighted by Crippen LogP contribution is -2.61. The van der Waals surface area contributed by atoms with Crippen LogP contribution in [-0.2, 0) is 9.59 Å². The van der Waals surface area contributed by atoms with Crippen molar-refractivity contribution in [3.63, 3.8) is 0 Å². The zero-order chi connectivity index (χ0) is 27.0. The molecule has 202 valence electrons. The fraction of sp³-hybridized carbons (Fsp3) is 0.586. The van der Waals surface area contributed by atoms with Gasteiger partial charge in [-0.1, -0.05) is 42.8 Å². The number of Topliss-reactive ketones (excluding diaryl/α,β-unsaturated/α-hetero) is 1. The number of fused-ring (bicyclic) bond motifs is 6. The molecule has 7 atom stereocenters. The van der Waals surface area contributed by atoms with Crippen LogP contribution in [0, 0.1) is 28.6 Å². The van der Waals surface area contributed by atoms with E-state index in [0.717, 1.165) is 43.0 Å². The van der Waals surface area contributed by atoms with E-state index >= 15 is 0 Å². The lowest BCUT2D eigenvalue weighted by atomic mass is 9.45. The van der Waals surface area contributed by atoms with Crippen LogP contribution < -0.4 is 5.56 Å². The predicted octanol–water partition coefficient (Wildman–Crippen LogP) is 4.47. The maximum absolute atomic E-state index is 13.7. The van der Waals surface area contributed by atoms with Crippen molar-refractivity contribution in [1.82, 2.24) is 9.97 Å². The second kappa shape index (κ2) is 9.01. The Labute approximate surface area is 230 Å². The number of nitrogens with zero attached hydrogens (tertiary/aromatic N) is 1. The van der Waals surface area contributed by atoms with Crippen LogP contribution in [0.25, 0.3) is 10.9 Å². The molecule has 0 bridgehead atoms. The van der Waals surface area contributed by atoms with Crippen molar-refractivity contribution < 1.29 is 19.8 Å². The van der Waals surface area contributed by atoms with Crippen molar-refractivity contribution in [1.29, 1.82) is 0 Å². The van der Waals surface area contributed by atoms with Crippen LogP contribution in [-0.4, -0.2) is 49.2 Å². The Morgan fingerprint density at radius 1 is 1.21 bits per heavy atom. The molecule has 4 aliphatic carbocycles. The molecule has 0 radical (unpaired) electrons. The number of hydrogen-bond acceptors (Lipinski definition) is 7. The van der Waals surface area contributed by atoms with Crippen LogP contribution >= 0.6 is 23.4 Å². The minimum Gasteiger partial charge on any atom is -0.393 e. The summed E-state index contributed by atoms with van der Waals surface area (Å²) in [4.78, 5) is 45.5. The molecule has 3 fully saturated rings. The fourth-order valence-corrected chi connectivity index (χ4v) is 9.57. The highest BCUT2D eigenvalue weighted by Gasteiger charge is 2.68. The first-order valence-electron chi connectivity index (χ1n) is 13.5. The molecule has 0 amide bonds. The summed E-state index contributed by atoms with van der Waals surface area (Å²) in [7, 11) is 0. The first-order valence-corrected chi connectivity index (χ1v) is 14.8. The molecule has 4 aliphatic rings.